The monoisotopic (exact) mass is 529 g/mol. The summed E-state index contributed by atoms with van der Waals surface area (Å²) in [6.45, 7) is 9.31. The molecular weight excluding hydrogens is 497 g/mol. The molecule has 1 aliphatic rings. The number of aryl methyl sites for hydroxylation is 2. The second-order valence-electron chi connectivity index (χ2n) is 6.95. The van der Waals surface area contributed by atoms with Crippen LogP contribution in [0.5, 0.6) is 0 Å². The van der Waals surface area contributed by atoms with E-state index in [0.717, 1.165) is 57.5 Å². The molecule has 0 aliphatic carbocycles. The number of morpholine rings is 1. The van der Waals surface area contributed by atoms with Crippen molar-refractivity contribution in [1.29, 1.82) is 0 Å². The fourth-order valence-corrected chi connectivity index (χ4v) is 4.30. The van der Waals surface area contributed by atoms with E-state index in [1.807, 2.05) is 7.05 Å². The Balaban J connectivity index is 0.00000300. The van der Waals surface area contributed by atoms with E-state index in [9.17, 15) is 0 Å². The Morgan fingerprint density at radius 2 is 1.93 bits per heavy atom. The predicted molar refractivity (Wildman–Crippen MR) is 132 cm³/mol. The largest absolute Gasteiger partial charge is 0.379 e. The molecule has 6 nitrogen and oxygen atoms in total. The minimum Gasteiger partial charge on any atom is -0.379 e. The molecule has 1 aliphatic heterocycles. The Morgan fingerprint density at radius 3 is 2.55 bits per heavy atom. The second-order valence-corrected chi connectivity index (χ2v) is 8.24. The van der Waals surface area contributed by atoms with E-state index in [1.54, 1.807) is 11.3 Å². The molecule has 0 spiro atoms. The first-order valence-electron chi connectivity index (χ1n) is 9.91. The molecule has 29 heavy (non-hydrogen) atoms. The summed E-state index contributed by atoms with van der Waals surface area (Å²) in [6, 6.07) is 11.0. The van der Waals surface area contributed by atoms with Gasteiger partial charge in [0.1, 0.15) is 0 Å². The number of aliphatic imine (C=N–C) groups is 1. The van der Waals surface area contributed by atoms with Crippen LogP contribution in [0.2, 0.25) is 0 Å². The highest BCUT2D eigenvalue weighted by molar-refractivity contribution is 14.0. The van der Waals surface area contributed by atoms with Gasteiger partial charge in [-0.25, -0.2) is 4.98 Å². The van der Waals surface area contributed by atoms with E-state index in [4.69, 9.17) is 4.74 Å². The second kappa shape index (κ2) is 12.5. The minimum absolute atomic E-state index is 0. The number of hydrogen-bond acceptors (Lipinski definition) is 5. The van der Waals surface area contributed by atoms with Gasteiger partial charge in [-0.1, -0.05) is 30.3 Å². The van der Waals surface area contributed by atoms with Crippen molar-refractivity contribution in [1.82, 2.24) is 20.5 Å². The number of guanidine groups is 1. The van der Waals surface area contributed by atoms with Crippen LogP contribution in [0.3, 0.4) is 0 Å². The van der Waals surface area contributed by atoms with Gasteiger partial charge in [0, 0.05) is 44.5 Å². The third-order valence-electron chi connectivity index (χ3n) is 5.06. The molecule has 2 aromatic rings. The van der Waals surface area contributed by atoms with Crippen LogP contribution in [0.15, 0.2) is 35.3 Å². The topological polar surface area (TPSA) is 61.8 Å². The first-order valence-corrected chi connectivity index (χ1v) is 10.7. The summed E-state index contributed by atoms with van der Waals surface area (Å²) < 4.78 is 5.53. The first-order chi connectivity index (χ1) is 13.7. The van der Waals surface area contributed by atoms with Gasteiger partial charge in [0.05, 0.1) is 30.0 Å². The van der Waals surface area contributed by atoms with Crippen LogP contribution in [-0.4, -0.2) is 62.3 Å². The smallest absolute Gasteiger partial charge is 0.191 e. The lowest BCUT2D eigenvalue weighted by molar-refractivity contribution is 0.0170. The number of thiazole rings is 1. The minimum atomic E-state index is 0. The third kappa shape index (κ3) is 7.20. The Labute approximate surface area is 195 Å². The molecule has 0 saturated carbocycles. The predicted octanol–water partition coefficient (Wildman–Crippen LogP) is 3.16. The van der Waals surface area contributed by atoms with Crippen LogP contribution in [0.1, 0.15) is 27.2 Å². The van der Waals surface area contributed by atoms with Crippen molar-refractivity contribution in [2.45, 2.75) is 26.3 Å². The van der Waals surface area contributed by atoms with Crippen LogP contribution < -0.4 is 10.6 Å². The molecule has 1 fully saturated rings. The highest BCUT2D eigenvalue weighted by Gasteiger charge is 2.22. The number of aromatic nitrogens is 1. The van der Waals surface area contributed by atoms with Gasteiger partial charge < -0.3 is 15.4 Å². The van der Waals surface area contributed by atoms with E-state index in [-0.39, 0.29) is 24.0 Å². The zero-order valence-electron chi connectivity index (χ0n) is 17.5. The van der Waals surface area contributed by atoms with Crippen molar-refractivity contribution in [2.24, 2.45) is 4.99 Å². The number of ether oxygens (including phenoxy) is 1. The van der Waals surface area contributed by atoms with Crippen molar-refractivity contribution in [3.05, 3.63) is 51.5 Å². The summed E-state index contributed by atoms with van der Waals surface area (Å²) in [5.74, 6) is 0.833. The van der Waals surface area contributed by atoms with Crippen molar-refractivity contribution >= 4 is 41.3 Å². The number of nitrogens with one attached hydrogen (secondary N) is 2. The van der Waals surface area contributed by atoms with E-state index in [2.05, 4.69) is 69.7 Å². The van der Waals surface area contributed by atoms with Crippen LogP contribution in [0.25, 0.3) is 0 Å². The van der Waals surface area contributed by atoms with E-state index >= 15 is 0 Å². The molecule has 0 bridgehead atoms. The quantitative estimate of drug-likeness (QED) is 0.328. The molecule has 2 heterocycles. The number of halogens is 1. The lowest BCUT2D eigenvalue weighted by Gasteiger charge is -2.35. The number of benzene rings is 1. The molecule has 0 radical (unpaired) electrons. The van der Waals surface area contributed by atoms with E-state index in [1.165, 1.54) is 15.4 Å². The van der Waals surface area contributed by atoms with Gasteiger partial charge in [0.15, 0.2) is 5.96 Å². The molecule has 0 amide bonds. The van der Waals surface area contributed by atoms with Crippen molar-refractivity contribution < 1.29 is 4.74 Å². The van der Waals surface area contributed by atoms with E-state index in [0.29, 0.717) is 6.04 Å². The molecule has 3 rings (SSSR count). The highest BCUT2D eigenvalue weighted by atomic mass is 127. The lowest BCUT2D eigenvalue weighted by atomic mass is 10.0. The normalized spacial score (nSPS) is 16.2. The van der Waals surface area contributed by atoms with Gasteiger partial charge in [-0.3, -0.25) is 9.89 Å². The molecule has 1 aromatic carbocycles. The fraction of sp³-hybridized carbons (Fsp3) is 0.524. The molecule has 1 atom stereocenters. The zero-order chi connectivity index (χ0) is 19.8. The summed E-state index contributed by atoms with van der Waals surface area (Å²) in [5.41, 5.74) is 2.46. The summed E-state index contributed by atoms with van der Waals surface area (Å²) in [4.78, 5) is 12.8. The van der Waals surface area contributed by atoms with Crippen molar-refractivity contribution in [3.63, 3.8) is 0 Å². The Morgan fingerprint density at radius 1 is 1.21 bits per heavy atom. The SMILES string of the molecule is CN=C(NCCc1nc(C)c(C)s1)NCC(c1ccccc1)N1CCOCC1.I. The van der Waals surface area contributed by atoms with Crippen molar-refractivity contribution in [2.75, 3.05) is 46.4 Å². The number of rotatable bonds is 7. The summed E-state index contributed by atoms with van der Waals surface area (Å²) in [7, 11) is 1.82. The molecule has 8 heteroatoms. The van der Waals surface area contributed by atoms with E-state index < -0.39 is 0 Å². The van der Waals surface area contributed by atoms with Crippen LogP contribution in [-0.2, 0) is 11.2 Å². The van der Waals surface area contributed by atoms with Gasteiger partial charge in [-0.15, -0.1) is 35.3 Å². The lowest BCUT2D eigenvalue weighted by Crippen LogP contribution is -2.46. The van der Waals surface area contributed by atoms with Gasteiger partial charge >= 0.3 is 0 Å². The zero-order valence-corrected chi connectivity index (χ0v) is 20.6. The Kier molecular flexibility index (Phi) is 10.3. The Hall–Kier alpha value is -1.23. The van der Waals surface area contributed by atoms with Gasteiger partial charge in [0.2, 0.25) is 0 Å². The number of hydrogen-bond donors (Lipinski definition) is 2. The van der Waals surface area contributed by atoms with Crippen LogP contribution >= 0.6 is 35.3 Å². The van der Waals surface area contributed by atoms with Crippen molar-refractivity contribution in [3.8, 4) is 0 Å². The van der Waals surface area contributed by atoms with Gasteiger partial charge in [-0.05, 0) is 19.4 Å². The third-order valence-corrected chi connectivity index (χ3v) is 6.19. The van der Waals surface area contributed by atoms with Crippen LogP contribution in [0.4, 0.5) is 0 Å². The average Bonchev–Trinajstić information content (AvgIpc) is 3.05. The average molecular weight is 529 g/mol. The standard InChI is InChI=1S/C21H31N5OS.HI/c1-16-17(2)28-20(25-16)9-10-23-21(22-3)24-15-19(18-7-5-4-6-8-18)26-11-13-27-14-12-26;/h4-8,19H,9-15H2,1-3H3,(H2,22,23,24);1H. The van der Waals surface area contributed by atoms with Crippen LogP contribution in [0, 0.1) is 13.8 Å². The van der Waals surface area contributed by atoms with Gasteiger partial charge in [0.25, 0.3) is 0 Å². The summed E-state index contributed by atoms with van der Waals surface area (Å²) in [6.07, 6.45) is 0.908. The maximum Gasteiger partial charge on any atom is 0.191 e. The molecule has 160 valence electrons. The fourth-order valence-electron chi connectivity index (χ4n) is 3.37. The molecular formula is C21H32IN5OS. The maximum absolute atomic E-state index is 5.53. The summed E-state index contributed by atoms with van der Waals surface area (Å²) in [5, 5.41) is 8.10. The number of nitrogens with zero attached hydrogens (tertiary/aromatic N) is 3. The molecule has 1 aromatic heterocycles. The maximum atomic E-state index is 5.53. The first kappa shape index (κ1) is 24.0. The highest BCUT2D eigenvalue weighted by Crippen LogP contribution is 2.21. The van der Waals surface area contributed by atoms with Gasteiger partial charge in [-0.2, -0.15) is 0 Å². The Bertz CT molecular complexity index is 742. The molecule has 1 saturated heterocycles. The summed E-state index contributed by atoms with van der Waals surface area (Å²) >= 11 is 1.78. The molecule has 2 N–H and O–H groups in total. The molecule has 1 unspecified atom stereocenters.